The lowest BCUT2D eigenvalue weighted by Crippen LogP contribution is -2.19. The van der Waals surface area contributed by atoms with Gasteiger partial charge in [-0.2, -0.15) is 0 Å². The third-order valence-electron chi connectivity index (χ3n) is 4.78. The number of halogens is 1. The van der Waals surface area contributed by atoms with Gasteiger partial charge >= 0.3 is 0 Å². The molecule has 1 saturated carbocycles. The Bertz CT molecular complexity index is 1020. The van der Waals surface area contributed by atoms with E-state index < -0.39 is 5.25 Å². The minimum atomic E-state index is -0.391. The fourth-order valence-electron chi connectivity index (χ4n) is 2.98. The molecule has 0 radical (unpaired) electrons. The zero-order valence-corrected chi connectivity index (χ0v) is 19.2. The Labute approximate surface area is 194 Å². The van der Waals surface area contributed by atoms with Crippen molar-refractivity contribution in [3.63, 3.8) is 0 Å². The van der Waals surface area contributed by atoms with E-state index in [0.717, 1.165) is 38.2 Å². The average Bonchev–Trinajstić information content (AvgIpc) is 3.61. The molecular weight excluding hydrogens is 507 g/mol. The third-order valence-corrected chi connectivity index (χ3v) is 6.76. The lowest BCUT2D eigenvalue weighted by molar-refractivity contribution is -0.117. The molecule has 1 fully saturated rings. The van der Waals surface area contributed by atoms with Crippen molar-refractivity contribution < 1.29 is 9.59 Å². The molecule has 0 aliphatic heterocycles. The Morgan fingerprint density at radius 3 is 2.07 bits per heavy atom. The summed E-state index contributed by atoms with van der Waals surface area (Å²) in [7, 11) is 0. The van der Waals surface area contributed by atoms with Crippen molar-refractivity contribution in [1.29, 1.82) is 0 Å². The summed E-state index contributed by atoms with van der Waals surface area (Å²) in [5.74, 6) is 0.194. The van der Waals surface area contributed by atoms with E-state index in [0.29, 0.717) is 0 Å². The second-order valence-corrected chi connectivity index (χ2v) is 9.62. The maximum atomic E-state index is 13.1. The first-order chi connectivity index (χ1) is 14.6. The van der Waals surface area contributed by atoms with Gasteiger partial charge in [-0.15, -0.1) is 11.8 Å². The van der Waals surface area contributed by atoms with Crippen LogP contribution < -0.4 is 10.6 Å². The summed E-state index contributed by atoms with van der Waals surface area (Å²) >= 11 is 3.73. The first-order valence-electron chi connectivity index (χ1n) is 9.77. The zero-order chi connectivity index (χ0) is 20.9. The molecule has 0 aromatic heterocycles. The van der Waals surface area contributed by atoms with E-state index >= 15 is 0 Å². The molecule has 2 N–H and O–H groups in total. The number of rotatable bonds is 7. The van der Waals surface area contributed by atoms with E-state index in [1.807, 2.05) is 78.9 Å². The molecule has 1 atom stereocenters. The van der Waals surface area contributed by atoms with Crippen molar-refractivity contribution in [3.8, 4) is 0 Å². The van der Waals surface area contributed by atoms with Gasteiger partial charge in [0, 0.05) is 25.8 Å². The van der Waals surface area contributed by atoms with Crippen LogP contribution in [0.15, 0.2) is 83.8 Å². The van der Waals surface area contributed by atoms with Crippen LogP contribution in [0.4, 0.5) is 11.4 Å². The molecule has 1 aliphatic rings. The lowest BCUT2D eigenvalue weighted by atomic mass is 10.1. The average molecular weight is 528 g/mol. The van der Waals surface area contributed by atoms with Crippen LogP contribution in [-0.4, -0.2) is 11.8 Å². The molecular formula is C24H21IN2O2S. The van der Waals surface area contributed by atoms with Crippen molar-refractivity contribution in [2.75, 3.05) is 10.6 Å². The SMILES string of the molecule is O=C(Nc1ccc(SC(C(=O)Nc2ccc(I)cc2)c2ccccc2)cc1)C1CC1. The summed E-state index contributed by atoms with van der Waals surface area (Å²) in [6, 6.07) is 25.2. The highest BCUT2D eigenvalue weighted by molar-refractivity contribution is 14.1. The summed E-state index contributed by atoms with van der Waals surface area (Å²) in [5, 5.41) is 5.58. The fraction of sp³-hybridized carbons (Fsp3) is 0.167. The highest BCUT2D eigenvalue weighted by Crippen LogP contribution is 2.37. The van der Waals surface area contributed by atoms with Crippen molar-refractivity contribution in [2.24, 2.45) is 5.92 Å². The third kappa shape index (κ3) is 5.64. The Morgan fingerprint density at radius 2 is 1.43 bits per heavy atom. The molecule has 3 aromatic carbocycles. The normalized spacial score (nSPS) is 14.0. The van der Waals surface area contributed by atoms with E-state index in [1.54, 1.807) is 0 Å². The highest BCUT2D eigenvalue weighted by Gasteiger charge is 2.29. The number of amides is 2. The smallest absolute Gasteiger partial charge is 0.242 e. The molecule has 0 bridgehead atoms. The summed E-state index contributed by atoms with van der Waals surface area (Å²) in [6.45, 7) is 0. The van der Waals surface area contributed by atoms with Gasteiger partial charge in [-0.05, 0) is 89.5 Å². The Morgan fingerprint density at radius 1 is 0.833 bits per heavy atom. The topological polar surface area (TPSA) is 58.2 Å². The van der Waals surface area contributed by atoms with Gasteiger partial charge in [0.15, 0.2) is 0 Å². The molecule has 6 heteroatoms. The van der Waals surface area contributed by atoms with Gasteiger partial charge in [-0.3, -0.25) is 9.59 Å². The quantitative estimate of drug-likeness (QED) is 0.287. The number of anilines is 2. The maximum absolute atomic E-state index is 13.1. The fourth-order valence-corrected chi connectivity index (χ4v) is 4.37. The number of carbonyl (C=O) groups is 2. The Kier molecular flexibility index (Phi) is 6.74. The number of thioether (sulfide) groups is 1. The van der Waals surface area contributed by atoms with Gasteiger partial charge in [0.2, 0.25) is 11.8 Å². The van der Waals surface area contributed by atoms with Crippen LogP contribution in [0.5, 0.6) is 0 Å². The molecule has 3 aromatic rings. The van der Waals surface area contributed by atoms with Crippen LogP contribution >= 0.6 is 34.4 Å². The van der Waals surface area contributed by atoms with E-state index in [1.165, 1.54) is 11.8 Å². The van der Waals surface area contributed by atoms with Crippen LogP contribution in [0.3, 0.4) is 0 Å². The lowest BCUT2D eigenvalue weighted by Gasteiger charge is -2.17. The second-order valence-electron chi connectivity index (χ2n) is 7.19. The predicted octanol–water partition coefficient (Wildman–Crippen LogP) is 6.11. The molecule has 30 heavy (non-hydrogen) atoms. The van der Waals surface area contributed by atoms with Gasteiger partial charge in [0.1, 0.15) is 5.25 Å². The minimum absolute atomic E-state index is 0.0708. The number of carbonyl (C=O) groups excluding carboxylic acids is 2. The molecule has 1 aliphatic carbocycles. The Balaban J connectivity index is 1.49. The van der Waals surface area contributed by atoms with E-state index in [2.05, 4.69) is 33.2 Å². The molecule has 0 spiro atoms. The van der Waals surface area contributed by atoms with Crippen LogP contribution in [-0.2, 0) is 9.59 Å². The van der Waals surface area contributed by atoms with Gasteiger partial charge < -0.3 is 10.6 Å². The van der Waals surface area contributed by atoms with E-state index in [4.69, 9.17) is 0 Å². The zero-order valence-electron chi connectivity index (χ0n) is 16.2. The second kappa shape index (κ2) is 9.66. The molecule has 152 valence electrons. The molecule has 2 amide bonds. The molecule has 4 rings (SSSR count). The number of nitrogens with one attached hydrogen (secondary N) is 2. The first-order valence-corrected chi connectivity index (χ1v) is 11.7. The number of hydrogen-bond acceptors (Lipinski definition) is 3. The van der Waals surface area contributed by atoms with Crippen molar-refractivity contribution in [1.82, 2.24) is 0 Å². The number of hydrogen-bond donors (Lipinski definition) is 2. The monoisotopic (exact) mass is 528 g/mol. The first kappa shape index (κ1) is 20.9. The summed E-state index contributed by atoms with van der Waals surface area (Å²) in [4.78, 5) is 26.0. The van der Waals surface area contributed by atoms with Gasteiger partial charge in [-0.25, -0.2) is 0 Å². The van der Waals surface area contributed by atoms with Crippen LogP contribution in [0.1, 0.15) is 23.7 Å². The Hall–Kier alpha value is -2.32. The predicted molar refractivity (Wildman–Crippen MR) is 131 cm³/mol. The maximum Gasteiger partial charge on any atom is 0.242 e. The largest absolute Gasteiger partial charge is 0.326 e. The molecule has 1 unspecified atom stereocenters. The molecule has 0 heterocycles. The highest BCUT2D eigenvalue weighted by atomic mass is 127. The van der Waals surface area contributed by atoms with E-state index in [9.17, 15) is 9.59 Å². The standard InChI is InChI=1S/C24H21IN2O2S/c25-18-8-10-19(11-9-18)27-24(29)22(16-4-2-1-3-5-16)30-21-14-12-20(13-15-21)26-23(28)17-6-7-17/h1-5,8-15,17,22H,6-7H2,(H,26,28)(H,27,29). The van der Waals surface area contributed by atoms with Crippen LogP contribution in [0, 0.1) is 9.49 Å². The van der Waals surface area contributed by atoms with Crippen LogP contribution in [0.25, 0.3) is 0 Å². The number of benzene rings is 3. The summed E-state index contributed by atoms with van der Waals surface area (Å²) < 4.78 is 1.12. The molecule has 0 saturated heterocycles. The molecule has 4 nitrogen and oxygen atoms in total. The summed E-state index contributed by atoms with van der Waals surface area (Å²) in [5.41, 5.74) is 2.51. The van der Waals surface area contributed by atoms with Gasteiger partial charge in [-0.1, -0.05) is 30.3 Å². The summed E-state index contributed by atoms with van der Waals surface area (Å²) in [6.07, 6.45) is 1.96. The van der Waals surface area contributed by atoms with Gasteiger partial charge in [0.05, 0.1) is 0 Å². The van der Waals surface area contributed by atoms with Crippen LogP contribution in [0.2, 0.25) is 0 Å². The van der Waals surface area contributed by atoms with Gasteiger partial charge in [0.25, 0.3) is 0 Å². The van der Waals surface area contributed by atoms with E-state index in [-0.39, 0.29) is 17.7 Å². The van der Waals surface area contributed by atoms with Crippen molar-refractivity contribution in [2.45, 2.75) is 23.0 Å². The van der Waals surface area contributed by atoms with Crippen molar-refractivity contribution >= 4 is 57.5 Å². The minimum Gasteiger partial charge on any atom is -0.326 e. The van der Waals surface area contributed by atoms with Crippen molar-refractivity contribution in [3.05, 3.63) is 88.0 Å².